The number of aliphatic carboxylic acids is 1. The standard InChI is InChI=1S/C24H32N6O6S/c25-20(31)8-7-17(28-21(32)16-6-3-9-26-16)22(33)30-19(12-37)23(34)29-18(24(35)36)10-13-11-27-15-5-2-1-4-14(13)15/h1-2,4-5,11,16-19,26-27,37H,3,6-10,12H2,(H2,25,31)(H,28,32)(H,29,34)(H,30,33)(H,35,36). The van der Waals surface area contributed by atoms with Crippen LogP contribution in [0.1, 0.15) is 31.2 Å². The van der Waals surface area contributed by atoms with Crippen molar-refractivity contribution < 1.29 is 29.1 Å². The van der Waals surface area contributed by atoms with Crippen molar-refractivity contribution in [3.05, 3.63) is 36.0 Å². The van der Waals surface area contributed by atoms with Crippen molar-refractivity contribution in [1.29, 1.82) is 0 Å². The summed E-state index contributed by atoms with van der Waals surface area (Å²) in [5, 5.41) is 21.2. The summed E-state index contributed by atoms with van der Waals surface area (Å²) in [7, 11) is 0. The Morgan fingerprint density at radius 1 is 1.05 bits per heavy atom. The van der Waals surface area contributed by atoms with Gasteiger partial charge in [-0.25, -0.2) is 4.79 Å². The minimum Gasteiger partial charge on any atom is -0.480 e. The van der Waals surface area contributed by atoms with Gasteiger partial charge in [0.05, 0.1) is 6.04 Å². The number of aromatic amines is 1. The van der Waals surface area contributed by atoms with Crippen LogP contribution in [-0.4, -0.2) is 76.2 Å². The van der Waals surface area contributed by atoms with Crippen molar-refractivity contribution in [2.45, 2.75) is 56.3 Å². The number of carboxylic acid groups (broad SMARTS) is 1. The van der Waals surface area contributed by atoms with Crippen LogP contribution in [0, 0.1) is 0 Å². The molecule has 1 aliphatic heterocycles. The molecule has 1 saturated heterocycles. The molecule has 0 radical (unpaired) electrons. The van der Waals surface area contributed by atoms with Crippen LogP contribution in [0.3, 0.4) is 0 Å². The van der Waals surface area contributed by atoms with Crippen LogP contribution in [0.15, 0.2) is 30.5 Å². The maximum Gasteiger partial charge on any atom is 0.326 e. The number of carboxylic acids is 1. The summed E-state index contributed by atoms with van der Waals surface area (Å²) in [6.45, 7) is 0.682. The first-order valence-corrected chi connectivity index (χ1v) is 12.6. The largest absolute Gasteiger partial charge is 0.480 e. The van der Waals surface area contributed by atoms with Gasteiger partial charge in [0.1, 0.15) is 18.1 Å². The highest BCUT2D eigenvalue weighted by Gasteiger charge is 2.31. The molecule has 2 heterocycles. The fourth-order valence-corrected chi connectivity index (χ4v) is 4.45. The Morgan fingerprint density at radius 2 is 1.76 bits per heavy atom. The fourth-order valence-electron chi connectivity index (χ4n) is 4.20. The molecule has 8 N–H and O–H groups in total. The summed E-state index contributed by atoms with van der Waals surface area (Å²) < 4.78 is 0. The number of primary amides is 1. The summed E-state index contributed by atoms with van der Waals surface area (Å²) in [6, 6.07) is 3.38. The first-order chi connectivity index (χ1) is 17.7. The second kappa shape index (κ2) is 13.1. The predicted molar refractivity (Wildman–Crippen MR) is 139 cm³/mol. The molecule has 1 aromatic heterocycles. The van der Waals surface area contributed by atoms with E-state index in [4.69, 9.17) is 5.73 Å². The van der Waals surface area contributed by atoms with E-state index in [1.165, 1.54) is 0 Å². The van der Waals surface area contributed by atoms with E-state index in [1.54, 1.807) is 6.20 Å². The van der Waals surface area contributed by atoms with E-state index in [0.717, 1.165) is 17.3 Å². The maximum absolute atomic E-state index is 13.0. The van der Waals surface area contributed by atoms with E-state index < -0.39 is 53.8 Å². The number of fused-ring (bicyclic) bond motifs is 1. The highest BCUT2D eigenvalue weighted by Crippen LogP contribution is 2.19. The molecule has 0 bridgehead atoms. The molecule has 1 aliphatic rings. The summed E-state index contributed by atoms with van der Waals surface area (Å²) in [4.78, 5) is 64.7. The van der Waals surface area contributed by atoms with Crippen LogP contribution in [0.5, 0.6) is 0 Å². The molecule has 37 heavy (non-hydrogen) atoms. The topological polar surface area (TPSA) is 196 Å². The molecule has 0 saturated carbocycles. The van der Waals surface area contributed by atoms with Crippen molar-refractivity contribution >= 4 is 53.1 Å². The van der Waals surface area contributed by atoms with E-state index >= 15 is 0 Å². The molecule has 12 nitrogen and oxygen atoms in total. The summed E-state index contributed by atoms with van der Waals surface area (Å²) >= 11 is 4.14. The van der Waals surface area contributed by atoms with E-state index in [2.05, 4.69) is 38.9 Å². The first kappa shape index (κ1) is 28.0. The van der Waals surface area contributed by atoms with Gasteiger partial charge in [0.25, 0.3) is 0 Å². The number of benzene rings is 1. The number of amides is 4. The van der Waals surface area contributed by atoms with E-state index in [9.17, 15) is 29.1 Å². The third-order valence-electron chi connectivity index (χ3n) is 6.22. The molecule has 2 aromatic rings. The van der Waals surface area contributed by atoms with Gasteiger partial charge >= 0.3 is 5.97 Å². The highest BCUT2D eigenvalue weighted by molar-refractivity contribution is 7.80. The Hall–Kier alpha value is -3.58. The van der Waals surface area contributed by atoms with Crippen molar-refractivity contribution in [3.8, 4) is 0 Å². The molecule has 4 atom stereocenters. The van der Waals surface area contributed by atoms with Crippen LogP contribution in [-0.2, 0) is 30.4 Å². The second-order valence-corrected chi connectivity index (χ2v) is 9.29. The number of carbonyl (C=O) groups is 5. The number of H-pyrrole nitrogens is 1. The van der Waals surface area contributed by atoms with Gasteiger partial charge in [0.2, 0.25) is 23.6 Å². The summed E-state index contributed by atoms with van der Waals surface area (Å²) in [5.41, 5.74) is 6.76. The smallest absolute Gasteiger partial charge is 0.326 e. The molecule has 1 fully saturated rings. The number of carbonyl (C=O) groups excluding carboxylic acids is 4. The number of hydrogen-bond donors (Lipinski definition) is 8. The van der Waals surface area contributed by atoms with Gasteiger partial charge in [0.15, 0.2) is 0 Å². The molecule has 4 unspecified atom stereocenters. The van der Waals surface area contributed by atoms with Crippen LogP contribution < -0.4 is 27.0 Å². The average molecular weight is 533 g/mol. The van der Waals surface area contributed by atoms with Crippen molar-refractivity contribution in [1.82, 2.24) is 26.3 Å². The Balaban J connectivity index is 1.65. The van der Waals surface area contributed by atoms with E-state index in [1.807, 2.05) is 24.3 Å². The van der Waals surface area contributed by atoms with Gasteiger partial charge in [0, 0.05) is 35.7 Å². The van der Waals surface area contributed by atoms with Gasteiger partial charge in [-0.15, -0.1) is 0 Å². The molecular formula is C24H32N6O6S. The van der Waals surface area contributed by atoms with E-state index in [-0.39, 0.29) is 25.0 Å². The van der Waals surface area contributed by atoms with Crippen LogP contribution in [0.4, 0.5) is 0 Å². The number of rotatable bonds is 13. The number of para-hydroxylation sites is 1. The first-order valence-electron chi connectivity index (χ1n) is 12.0. The highest BCUT2D eigenvalue weighted by atomic mass is 32.1. The molecule has 0 aliphatic carbocycles. The molecule has 200 valence electrons. The number of nitrogens with one attached hydrogen (secondary N) is 5. The molecule has 3 rings (SSSR count). The second-order valence-electron chi connectivity index (χ2n) is 8.92. The van der Waals surface area contributed by atoms with E-state index in [0.29, 0.717) is 18.5 Å². The van der Waals surface area contributed by atoms with Gasteiger partial charge in [-0.05, 0) is 37.4 Å². The van der Waals surface area contributed by atoms with Gasteiger partial charge < -0.3 is 37.1 Å². The molecular weight excluding hydrogens is 500 g/mol. The SMILES string of the molecule is NC(=O)CCC(NC(=O)C1CCCN1)C(=O)NC(CS)C(=O)NC(Cc1c[nH]c2ccccc12)C(=O)O. The Bertz CT molecular complexity index is 1150. The maximum atomic E-state index is 13.0. The number of thiol groups is 1. The normalized spacial score (nSPS) is 17.5. The average Bonchev–Trinajstić information content (AvgIpc) is 3.55. The fraction of sp³-hybridized carbons (Fsp3) is 0.458. The molecule has 13 heteroatoms. The zero-order valence-corrected chi connectivity index (χ0v) is 21.1. The lowest BCUT2D eigenvalue weighted by Crippen LogP contribution is -2.57. The van der Waals surface area contributed by atoms with Crippen molar-refractivity contribution in [3.63, 3.8) is 0 Å². The van der Waals surface area contributed by atoms with Gasteiger partial charge in [-0.1, -0.05) is 18.2 Å². The number of aromatic nitrogens is 1. The van der Waals surface area contributed by atoms with Crippen LogP contribution >= 0.6 is 12.6 Å². The lowest BCUT2D eigenvalue weighted by atomic mass is 10.0. The monoisotopic (exact) mass is 532 g/mol. The quantitative estimate of drug-likeness (QED) is 0.155. The Morgan fingerprint density at radius 3 is 2.41 bits per heavy atom. The Labute approximate surface area is 218 Å². The van der Waals surface area contributed by atoms with Crippen LogP contribution in [0.25, 0.3) is 10.9 Å². The third-order valence-corrected chi connectivity index (χ3v) is 6.58. The minimum absolute atomic E-state index is 0.0179. The van der Waals surface area contributed by atoms with Gasteiger partial charge in [-0.3, -0.25) is 19.2 Å². The molecule has 0 spiro atoms. The lowest BCUT2D eigenvalue weighted by Gasteiger charge is -2.24. The predicted octanol–water partition coefficient (Wildman–Crippen LogP) is -0.803. The number of hydrogen-bond acceptors (Lipinski definition) is 7. The number of nitrogens with two attached hydrogens (primary N) is 1. The lowest BCUT2D eigenvalue weighted by molar-refractivity contribution is -0.142. The zero-order valence-electron chi connectivity index (χ0n) is 20.2. The van der Waals surface area contributed by atoms with Crippen molar-refractivity contribution in [2.24, 2.45) is 5.73 Å². The molecule has 1 aromatic carbocycles. The van der Waals surface area contributed by atoms with Crippen molar-refractivity contribution in [2.75, 3.05) is 12.3 Å². The van der Waals surface area contributed by atoms with Gasteiger partial charge in [-0.2, -0.15) is 12.6 Å². The summed E-state index contributed by atoms with van der Waals surface area (Å²) in [5.74, 6) is -3.84. The Kier molecular flexibility index (Phi) is 9.92. The molecule has 4 amide bonds. The minimum atomic E-state index is -1.26. The third kappa shape index (κ3) is 7.70. The summed E-state index contributed by atoms with van der Waals surface area (Å²) in [6.07, 6.45) is 2.94. The van der Waals surface area contributed by atoms with Crippen LogP contribution in [0.2, 0.25) is 0 Å². The zero-order chi connectivity index (χ0) is 26.9.